The van der Waals surface area contributed by atoms with Gasteiger partial charge in [0.15, 0.2) is 17.3 Å². The third kappa shape index (κ3) is 3.78. The van der Waals surface area contributed by atoms with Gasteiger partial charge in [-0.15, -0.1) is 0 Å². The Labute approximate surface area is 162 Å². The van der Waals surface area contributed by atoms with E-state index in [0.717, 1.165) is 40.7 Å². The summed E-state index contributed by atoms with van der Waals surface area (Å²) in [5.74, 6) is 2.04. The fraction of sp³-hybridized carbons (Fsp3) is 0.238. The predicted molar refractivity (Wildman–Crippen MR) is 108 cm³/mol. The summed E-state index contributed by atoms with van der Waals surface area (Å²) in [6.45, 7) is 2.80. The molecule has 4 rings (SSSR count). The quantitative estimate of drug-likeness (QED) is 0.413. The molecule has 2 aromatic carbocycles. The van der Waals surface area contributed by atoms with Crippen LogP contribution in [0.1, 0.15) is 19.8 Å². The summed E-state index contributed by atoms with van der Waals surface area (Å²) in [5, 5.41) is 11.1. The molecule has 0 spiro atoms. The van der Waals surface area contributed by atoms with Gasteiger partial charge >= 0.3 is 0 Å². The Balaban J connectivity index is 1.51. The Kier molecular flexibility index (Phi) is 5.14. The molecule has 0 fully saturated rings. The molecule has 0 aliphatic rings. The van der Waals surface area contributed by atoms with E-state index in [1.54, 1.807) is 19.5 Å². The van der Waals surface area contributed by atoms with Gasteiger partial charge in [-0.3, -0.25) is 5.10 Å². The second kappa shape index (κ2) is 8.04. The molecule has 144 valence electrons. The van der Waals surface area contributed by atoms with Crippen molar-refractivity contribution in [1.29, 1.82) is 0 Å². The van der Waals surface area contributed by atoms with Gasteiger partial charge in [-0.05, 0) is 42.8 Å². The van der Waals surface area contributed by atoms with Crippen molar-refractivity contribution >= 4 is 22.6 Å². The molecule has 0 radical (unpaired) electrons. The molecular formula is C21H22N4O3. The zero-order chi connectivity index (χ0) is 19.3. The second-order valence-electron chi connectivity index (χ2n) is 6.39. The van der Waals surface area contributed by atoms with Crippen LogP contribution in [0.4, 0.5) is 11.7 Å². The minimum Gasteiger partial charge on any atom is -0.493 e. The van der Waals surface area contributed by atoms with E-state index < -0.39 is 0 Å². The Morgan fingerprint density at radius 1 is 1.11 bits per heavy atom. The van der Waals surface area contributed by atoms with E-state index in [0.29, 0.717) is 24.1 Å². The molecule has 0 aliphatic carbocycles. The van der Waals surface area contributed by atoms with Crippen LogP contribution in [0.5, 0.6) is 11.5 Å². The number of rotatable bonds is 8. The fourth-order valence-corrected chi connectivity index (χ4v) is 2.88. The second-order valence-corrected chi connectivity index (χ2v) is 6.39. The largest absolute Gasteiger partial charge is 0.493 e. The summed E-state index contributed by atoms with van der Waals surface area (Å²) in [5.41, 5.74) is 2.72. The number of methoxy groups -OCH3 is 1. The number of nitrogens with zero attached hydrogens (tertiary/aromatic N) is 2. The Morgan fingerprint density at radius 3 is 2.89 bits per heavy atom. The predicted octanol–water partition coefficient (Wildman–Crippen LogP) is 5.15. The lowest BCUT2D eigenvalue weighted by molar-refractivity contribution is 0.288. The van der Waals surface area contributed by atoms with Gasteiger partial charge in [0.25, 0.3) is 6.01 Å². The zero-order valence-corrected chi connectivity index (χ0v) is 15.9. The van der Waals surface area contributed by atoms with E-state index in [1.807, 2.05) is 36.4 Å². The molecule has 0 bridgehead atoms. The van der Waals surface area contributed by atoms with Crippen molar-refractivity contribution in [3.63, 3.8) is 0 Å². The SMILES string of the molecule is CCCCOc1ccc(-c2cnc(Nc3ccc4[nH]ncc4c3)o2)cc1OC. The van der Waals surface area contributed by atoms with Crippen LogP contribution in [0.25, 0.3) is 22.2 Å². The monoisotopic (exact) mass is 378 g/mol. The number of hydrogen-bond donors (Lipinski definition) is 2. The summed E-state index contributed by atoms with van der Waals surface area (Å²) in [7, 11) is 1.63. The molecule has 0 saturated carbocycles. The minimum atomic E-state index is 0.417. The first-order chi connectivity index (χ1) is 13.8. The normalized spacial score (nSPS) is 10.9. The summed E-state index contributed by atoms with van der Waals surface area (Å²) >= 11 is 0. The van der Waals surface area contributed by atoms with Crippen molar-refractivity contribution in [1.82, 2.24) is 15.2 Å². The van der Waals surface area contributed by atoms with Gasteiger partial charge in [-0.2, -0.15) is 5.10 Å². The number of fused-ring (bicyclic) bond motifs is 1. The van der Waals surface area contributed by atoms with Crippen LogP contribution in [0.3, 0.4) is 0 Å². The van der Waals surface area contributed by atoms with Gasteiger partial charge < -0.3 is 19.2 Å². The van der Waals surface area contributed by atoms with E-state index in [9.17, 15) is 0 Å². The third-order valence-corrected chi connectivity index (χ3v) is 4.40. The molecule has 0 aliphatic heterocycles. The van der Waals surface area contributed by atoms with E-state index in [-0.39, 0.29) is 0 Å². The average Bonchev–Trinajstić information content (AvgIpc) is 3.37. The minimum absolute atomic E-state index is 0.417. The maximum absolute atomic E-state index is 5.86. The Bertz CT molecular complexity index is 1070. The number of nitrogens with one attached hydrogen (secondary N) is 2. The van der Waals surface area contributed by atoms with Crippen LogP contribution in [0.2, 0.25) is 0 Å². The molecule has 0 saturated heterocycles. The molecule has 2 heterocycles. The summed E-state index contributed by atoms with van der Waals surface area (Å²) in [4.78, 5) is 4.32. The Hall–Kier alpha value is -3.48. The van der Waals surface area contributed by atoms with Crippen LogP contribution in [0, 0.1) is 0 Å². The van der Waals surface area contributed by atoms with Gasteiger partial charge in [0.05, 0.1) is 31.6 Å². The molecule has 2 aromatic heterocycles. The highest BCUT2D eigenvalue weighted by molar-refractivity contribution is 5.82. The Morgan fingerprint density at radius 2 is 2.04 bits per heavy atom. The topological polar surface area (TPSA) is 85.2 Å². The highest BCUT2D eigenvalue weighted by atomic mass is 16.5. The average molecular weight is 378 g/mol. The lowest BCUT2D eigenvalue weighted by atomic mass is 10.1. The molecule has 0 unspecified atom stereocenters. The lowest BCUT2D eigenvalue weighted by Crippen LogP contribution is -1.98. The van der Waals surface area contributed by atoms with Crippen molar-refractivity contribution in [3.8, 4) is 22.8 Å². The van der Waals surface area contributed by atoms with Crippen LogP contribution < -0.4 is 14.8 Å². The maximum Gasteiger partial charge on any atom is 0.299 e. The lowest BCUT2D eigenvalue weighted by Gasteiger charge is -2.11. The van der Waals surface area contributed by atoms with Gasteiger partial charge in [0.1, 0.15) is 0 Å². The molecule has 2 N–H and O–H groups in total. The number of unbranched alkanes of at least 4 members (excludes halogenated alkanes) is 1. The van der Waals surface area contributed by atoms with Gasteiger partial charge in [-0.1, -0.05) is 13.3 Å². The van der Waals surface area contributed by atoms with Crippen molar-refractivity contribution in [3.05, 3.63) is 48.8 Å². The van der Waals surface area contributed by atoms with E-state index in [4.69, 9.17) is 13.9 Å². The number of benzene rings is 2. The van der Waals surface area contributed by atoms with E-state index >= 15 is 0 Å². The van der Waals surface area contributed by atoms with Crippen molar-refractivity contribution in [2.45, 2.75) is 19.8 Å². The van der Waals surface area contributed by atoms with Crippen LogP contribution >= 0.6 is 0 Å². The van der Waals surface area contributed by atoms with Crippen molar-refractivity contribution in [2.24, 2.45) is 0 Å². The molecule has 7 heteroatoms. The maximum atomic E-state index is 5.86. The fourth-order valence-electron chi connectivity index (χ4n) is 2.88. The van der Waals surface area contributed by atoms with Crippen LogP contribution in [-0.2, 0) is 0 Å². The molecule has 28 heavy (non-hydrogen) atoms. The first kappa shape index (κ1) is 17.9. The molecule has 0 amide bonds. The van der Waals surface area contributed by atoms with Crippen molar-refractivity contribution in [2.75, 3.05) is 19.0 Å². The van der Waals surface area contributed by atoms with Gasteiger partial charge in [0, 0.05) is 16.6 Å². The first-order valence-corrected chi connectivity index (χ1v) is 9.24. The van der Waals surface area contributed by atoms with Gasteiger partial charge in [0.2, 0.25) is 0 Å². The molecular weight excluding hydrogens is 356 g/mol. The summed E-state index contributed by atoms with van der Waals surface area (Å²) in [6, 6.07) is 12.0. The number of H-pyrrole nitrogens is 1. The van der Waals surface area contributed by atoms with E-state index in [1.165, 1.54) is 0 Å². The molecule has 0 atom stereocenters. The number of hydrogen-bond acceptors (Lipinski definition) is 6. The standard InChI is InChI=1S/C21H22N4O3/c1-3-4-9-27-18-8-5-14(11-19(18)26-2)20-13-22-21(28-20)24-16-6-7-17-15(10-16)12-23-25-17/h5-8,10-13H,3-4,9H2,1-2H3,(H,22,24)(H,23,25). The molecule has 4 aromatic rings. The number of aromatic amines is 1. The van der Waals surface area contributed by atoms with Crippen LogP contribution in [-0.4, -0.2) is 28.9 Å². The summed E-state index contributed by atoms with van der Waals surface area (Å²) < 4.78 is 17.1. The number of aromatic nitrogens is 3. The number of ether oxygens (including phenoxy) is 2. The third-order valence-electron chi connectivity index (χ3n) is 4.40. The highest BCUT2D eigenvalue weighted by Crippen LogP contribution is 2.34. The van der Waals surface area contributed by atoms with Gasteiger partial charge in [-0.25, -0.2) is 4.98 Å². The smallest absolute Gasteiger partial charge is 0.299 e. The number of anilines is 2. The van der Waals surface area contributed by atoms with E-state index in [2.05, 4.69) is 27.4 Å². The summed E-state index contributed by atoms with van der Waals surface area (Å²) in [6.07, 6.45) is 5.55. The zero-order valence-electron chi connectivity index (χ0n) is 15.9. The van der Waals surface area contributed by atoms with Crippen molar-refractivity contribution < 1.29 is 13.9 Å². The van der Waals surface area contributed by atoms with Crippen LogP contribution in [0.15, 0.2) is 53.2 Å². The first-order valence-electron chi connectivity index (χ1n) is 9.24. The number of oxazole rings is 1. The molecule has 7 nitrogen and oxygen atoms in total. The highest BCUT2D eigenvalue weighted by Gasteiger charge is 2.11.